The van der Waals surface area contributed by atoms with Crippen LogP contribution in [0.5, 0.6) is 0 Å². The minimum atomic E-state index is -1.06. The molecule has 1 fully saturated rings. The number of hydrogen-bond acceptors (Lipinski definition) is 5. The smallest absolute Gasteiger partial charge is 0.487 e. The van der Waals surface area contributed by atoms with Crippen LogP contribution in [0.1, 0.15) is 6.92 Å². The van der Waals surface area contributed by atoms with Crippen molar-refractivity contribution in [3.05, 3.63) is 0 Å². The number of likely N-dealkylation sites (N-methyl/N-ethyl adjacent to an activating group) is 1. The second-order valence-electron chi connectivity index (χ2n) is 2.88. The molecule has 0 aliphatic carbocycles. The molecule has 14 heavy (non-hydrogen) atoms. The molecule has 1 aliphatic heterocycles. The molecule has 0 radical (unpaired) electrons. The van der Waals surface area contributed by atoms with Crippen LogP contribution < -0.4 is 0 Å². The summed E-state index contributed by atoms with van der Waals surface area (Å²) in [5.41, 5.74) is 0. The second kappa shape index (κ2) is 4.68. The van der Waals surface area contributed by atoms with E-state index in [2.05, 4.69) is 11.7 Å². The third kappa shape index (κ3) is 3.11. The van der Waals surface area contributed by atoms with Crippen LogP contribution in [0, 0.1) is 11.7 Å². The third-order valence-electron chi connectivity index (χ3n) is 1.54. The predicted molar refractivity (Wildman–Crippen MR) is 48.9 cm³/mol. The van der Waals surface area contributed by atoms with E-state index in [1.165, 1.54) is 4.90 Å². The Balaban J connectivity index is 2.68. The van der Waals surface area contributed by atoms with Gasteiger partial charge in [-0.15, -0.1) is 5.92 Å². The summed E-state index contributed by atoms with van der Waals surface area (Å²) in [6.45, 7) is 1.71. The van der Waals surface area contributed by atoms with Crippen LogP contribution in [-0.4, -0.2) is 44.1 Å². The molecule has 0 amide bonds. The Morgan fingerprint density at radius 1 is 1.29 bits per heavy atom. The van der Waals surface area contributed by atoms with Gasteiger partial charge in [-0.05, 0) is 14.0 Å². The lowest BCUT2D eigenvalue weighted by atomic mass is 9.91. The lowest BCUT2D eigenvalue weighted by Crippen LogP contribution is -2.42. The number of hydrogen-bond donors (Lipinski definition) is 0. The molecule has 0 unspecified atom stereocenters. The molecule has 0 atom stereocenters. The minimum Gasteiger partial charge on any atom is -0.487 e. The Labute approximate surface area is 82.5 Å². The Morgan fingerprint density at radius 3 is 2.21 bits per heavy atom. The summed E-state index contributed by atoms with van der Waals surface area (Å²) in [6.07, 6.45) is 0. The lowest BCUT2D eigenvalue weighted by molar-refractivity contribution is -0.145. The molecule has 0 aromatic rings. The van der Waals surface area contributed by atoms with Gasteiger partial charge in [0.15, 0.2) is 0 Å². The zero-order valence-electron chi connectivity index (χ0n) is 8.07. The first kappa shape index (κ1) is 10.6. The van der Waals surface area contributed by atoms with Crippen molar-refractivity contribution in [2.24, 2.45) is 0 Å². The summed E-state index contributed by atoms with van der Waals surface area (Å²) in [5.74, 6) is 4.09. The van der Waals surface area contributed by atoms with Crippen LogP contribution in [-0.2, 0) is 18.9 Å². The summed E-state index contributed by atoms with van der Waals surface area (Å²) in [4.78, 5) is 23.7. The number of carbonyl (C=O) groups is 2. The van der Waals surface area contributed by atoms with Crippen molar-refractivity contribution in [2.75, 3.05) is 20.1 Å². The molecule has 0 spiro atoms. The molecule has 1 saturated heterocycles. The number of nitrogens with zero attached hydrogens (tertiary/aromatic N) is 1. The summed E-state index contributed by atoms with van der Waals surface area (Å²) in [6, 6.07) is 0. The Bertz CT molecular complexity index is 286. The molecule has 74 valence electrons. The Hall–Kier alpha value is -1.48. The van der Waals surface area contributed by atoms with E-state index in [0.717, 1.165) is 0 Å². The van der Waals surface area contributed by atoms with E-state index in [9.17, 15) is 9.59 Å². The van der Waals surface area contributed by atoms with Crippen molar-refractivity contribution in [1.29, 1.82) is 0 Å². The van der Waals surface area contributed by atoms with E-state index in [4.69, 9.17) is 9.31 Å². The Kier molecular flexibility index (Phi) is 3.54. The molecule has 0 saturated carbocycles. The van der Waals surface area contributed by atoms with Crippen LogP contribution in [0.2, 0.25) is 0 Å². The molecule has 0 aromatic heterocycles. The first-order chi connectivity index (χ1) is 6.61. The molecule has 0 aromatic carbocycles. The summed E-state index contributed by atoms with van der Waals surface area (Å²) in [5, 5.41) is 0. The zero-order valence-corrected chi connectivity index (χ0v) is 8.07. The fraction of sp³-hybridized carbons (Fsp3) is 0.500. The van der Waals surface area contributed by atoms with Gasteiger partial charge in [-0.3, -0.25) is 14.5 Å². The van der Waals surface area contributed by atoms with Crippen LogP contribution in [0.25, 0.3) is 0 Å². The minimum absolute atomic E-state index is 0.0665. The first-order valence-electron chi connectivity index (χ1n) is 4.11. The highest BCUT2D eigenvalue weighted by Gasteiger charge is 2.29. The van der Waals surface area contributed by atoms with E-state index >= 15 is 0 Å². The SMILES string of the molecule is CC#CB1OC(=O)CN(C)CC(=O)O1. The van der Waals surface area contributed by atoms with Gasteiger partial charge in [0, 0.05) is 0 Å². The van der Waals surface area contributed by atoms with Crippen LogP contribution >= 0.6 is 0 Å². The molecule has 1 rings (SSSR count). The summed E-state index contributed by atoms with van der Waals surface area (Å²) >= 11 is 0. The maximum Gasteiger partial charge on any atom is 0.694 e. The van der Waals surface area contributed by atoms with Gasteiger partial charge in [-0.1, -0.05) is 5.82 Å². The van der Waals surface area contributed by atoms with E-state index in [1.807, 2.05) is 0 Å². The van der Waals surface area contributed by atoms with Crippen LogP contribution in [0.3, 0.4) is 0 Å². The van der Waals surface area contributed by atoms with E-state index in [0.29, 0.717) is 0 Å². The molecule has 1 heterocycles. The monoisotopic (exact) mass is 195 g/mol. The average molecular weight is 195 g/mol. The van der Waals surface area contributed by atoms with Gasteiger partial charge in [0.25, 0.3) is 0 Å². The highest BCUT2D eigenvalue weighted by molar-refractivity contribution is 6.58. The summed E-state index contributed by atoms with van der Waals surface area (Å²) < 4.78 is 9.55. The maximum atomic E-state index is 11.1. The molecular formula is C8H10BNO4. The van der Waals surface area contributed by atoms with E-state index < -0.39 is 19.1 Å². The largest absolute Gasteiger partial charge is 0.694 e. The lowest BCUT2D eigenvalue weighted by Gasteiger charge is -2.20. The molecule has 0 N–H and O–H groups in total. The van der Waals surface area contributed by atoms with Crippen molar-refractivity contribution < 1.29 is 18.9 Å². The number of rotatable bonds is 0. The van der Waals surface area contributed by atoms with Crippen LogP contribution in [0.15, 0.2) is 0 Å². The van der Waals surface area contributed by atoms with E-state index in [1.54, 1.807) is 14.0 Å². The molecule has 5 nitrogen and oxygen atoms in total. The first-order valence-corrected chi connectivity index (χ1v) is 4.11. The second-order valence-corrected chi connectivity index (χ2v) is 2.88. The van der Waals surface area contributed by atoms with E-state index in [-0.39, 0.29) is 13.1 Å². The van der Waals surface area contributed by atoms with Gasteiger partial charge in [-0.25, -0.2) is 0 Å². The van der Waals surface area contributed by atoms with Gasteiger partial charge >= 0.3 is 19.1 Å². The molecule has 0 bridgehead atoms. The fourth-order valence-electron chi connectivity index (χ4n) is 1.01. The van der Waals surface area contributed by atoms with Gasteiger partial charge in [0.05, 0.1) is 13.1 Å². The molecular weight excluding hydrogens is 185 g/mol. The van der Waals surface area contributed by atoms with Gasteiger partial charge < -0.3 is 9.31 Å². The van der Waals surface area contributed by atoms with Gasteiger partial charge in [0.2, 0.25) is 0 Å². The fourth-order valence-corrected chi connectivity index (χ4v) is 1.01. The Morgan fingerprint density at radius 2 is 1.79 bits per heavy atom. The highest BCUT2D eigenvalue weighted by Crippen LogP contribution is 1.98. The van der Waals surface area contributed by atoms with Crippen molar-refractivity contribution >= 4 is 19.1 Å². The quantitative estimate of drug-likeness (QED) is 0.369. The molecule has 1 aliphatic rings. The molecule has 6 heteroatoms. The topological polar surface area (TPSA) is 55.8 Å². The van der Waals surface area contributed by atoms with Crippen molar-refractivity contribution in [3.8, 4) is 11.7 Å². The van der Waals surface area contributed by atoms with Gasteiger partial charge in [0.1, 0.15) is 0 Å². The van der Waals surface area contributed by atoms with Crippen molar-refractivity contribution in [2.45, 2.75) is 6.92 Å². The van der Waals surface area contributed by atoms with Crippen molar-refractivity contribution in [1.82, 2.24) is 4.90 Å². The number of carbonyl (C=O) groups excluding carboxylic acids is 2. The summed E-state index contributed by atoms with van der Waals surface area (Å²) in [7, 11) is 0.572. The van der Waals surface area contributed by atoms with Crippen molar-refractivity contribution in [3.63, 3.8) is 0 Å². The third-order valence-corrected chi connectivity index (χ3v) is 1.54. The highest BCUT2D eigenvalue weighted by atomic mass is 16.6. The van der Waals surface area contributed by atoms with Gasteiger partial charge in [-0.2, -0.15) is 0 Å². The predicted octanol–water partition coefficient (Wildman–Crippen LogP) is -0.931. The zero-order chi connectivity index (χ0) is 10.6. The van der Waals surface area contributed by atoms with Crippen LogP contribution in [0.4, 0.5) is 0 Å². The maximum absolute atomic E-state index is 11.1. The standard InChI is InChI=1S/C8H10BNO4/c1-3-4-9-13-7(11)5-10(2)6-8(12)14-9/h5-6H2,1-2H3. The normalized spacial score (nSPS) is 18.6. The average Bonchev–Trinajstić information content (AvgIpc) is 2.00.